The first kappa shape index (κ1) is 12.9. The predicted octanol–water partition coefficient (Wildman–Crippen LogP) is 2.85. The van der Waals surface area contributed by atoms with Crippen molar-refractivity contribution in [3.8, 4) is 17.0 Å². The first-order valence-electron chi connectivity index (χ1n) is 4.35. The summed E-state index contributed by atoms with van der Waals surface area (Å²) in [5.41, 5.74) is 7.42. The first-order valence-corrected chi connectivity index (χ1v) is 5.15. The highest BCUT2D eigenvalue weighted by Crippen LogP contribution is 2.30. The number of rotatable bonds is 2. The van der Waals surface area contributed by atoms with E-state index < -0.39 is 0 Å². The molecule has 16 heavy (non-hydrogen) atoms. The van der Waals surface area contributed by atoms with Crippen LogP contribution in [0.3, 0.4) is 0 Å². The number of nitrogens with two attached hydrogens (primary N) is 1. The van der Waals surface area contributed by atoms with Gasteiger partial charge in [-0.3, -0.25) is 5.10 Å². The fourth-order valence-electron chi connectivity index (χ4n) is 1.32. The van der Waals surface area contributed by atoms with Gasteiger partial charge < -0.3 is 10.5 Å². The van der Waals surface area contributed by atoms with E-state index in [1.165, 1.54) is 0 Å². The summed E-state index contributed by atoms with van der Waals surface area (Å²) in [6.45, 7) is 0. The van der Waals surface area contributed by atoms with Crippen molar-refractivity contribution >= 4 is 34.2 Å². The smallest absolute Gasteiger partial charge is 0.145 e. The lowest BCUT2D eigenvalue weighted by atomic mass is 10.1. The van der Waals surface area contributed by atoms with Gasteiger partial charge >= 0.3 is 0 Å². The van der Waals surface area contributed by atoms with Crippen LogP contribution < -0.4 is 10.5 Å². The molecule has 1 heterocycles. The van der Waals surface area contributed by atoms with Crippen LogP contribution in [0.25, 0.3) is 11.3 Å². The van der Waals surface area contributed by atoms with E-state index in [4.69, 9.17) is 10.5 Å². The highest BCUT2D eigenvalue weighted by atomic mass is 79.9. The Balaban J connectivity index is 0.00000128. The summed E-state index contributed by atoms with van der Waals surface area (Å²) in [6.07, 6.45) is 0. The van der Waals surface area contributed by atoms with Crippen molar-refractivity contribution in [1.82, 2.24) is 10.2 Å². The molecule has 6 heteroatoms. The normalized spacial score (nSPS) is 9.62. The number of nitrogens with zero attached hydrogens (tertiary/aromatic N) is 1. The second-order valence-electron chi connectivity index (χ2n) is 3.05. The Morgan fingerprint density at radius 2 is 2.12 bits per heavy atom. The third-order valence-electron chi connectivity index (χ3n) is 2.06. The van der Waals surface area contributed by atoms with E-state index in [0.717, 1.165) is 21.5 Å². The first-order chi connectivity index (χ1) is 7.20. The Morgan fingerprint density at radius 3 is 2.62 bits per heavy atom. The third-order valence-corrected chi connectivity index (χ3v) is 2.72. The van der Waals surface area contributed by atoms with Crippen molar-refractivity contribution in [3.05, 3.63) is 28.7 Å². The minimum atomic E-state index is 0. The van der Waals surface area contributed by atoms with Gasteiger partial charge in [0.2, 0.25) is 0 Å². The Bertz CT molecular complexity index is 487. The maximum atomic E-state index is 5.54. The number of H-pyrrole nitrogens is 1. The molecule has 0 aliphatic carbocycles. The molecule has 3 N–H and O–H groups in total. The van der Waals surface area contributed by atoms with Gasteiger partial charge in [0.25, 0.3) is 0 Å². The Kier molecular flexibility index (Phi) is 4.20. The maximum Gasteiger partial charge on any atom is 0.145 e. The molecule has 2 aromatic rings. The number of methoxy groups -OCH3 is 1. The summed E-state index contributed by atoms with van der Waals surface area (Å²) in [6, 6.07) is 7.51. The van der Waals surface area contributed by atoms with Crippen LogP contribution in [0.2, 0.25) is 0 Å². The number of aromatic amines is 1. The zero-order chi connectivity index (χ0) is 10.8. The van der Waals surface area contributed by atoms with Crippen LogP contribution in [0.4, 0.5) is 5.82 Å². The lowest BCUT2D eigenvalue weighted by Gasteiger charge is -2.04. The molecule has 4 nitrogen and oxygen atoms in total. The molecule has 86 valence electrons. The monoisotopic (exact) mass is 303 g/mol. The highest BCUT2D eigenvalue weighted by Gasteiger charge is 2.06. The molecule has 0 unspecified atom stereocenters. The van der Waals surface area contributed by atoms with Crippen molar-refractivity contribution in [2.24, 2.45) is 0 Å². The minimum Gasteiger partial charge on any atom is -0.497 e. The Hall–Kier alpha value is -1.20. The SMILES string of the molecule is COc1ccc(-c2cc(N)n[nH]2)c(Br)c1.Cl. The zero-order valence-corrected chi connectivity index (χ0v) is 10.9. The summed E-state index contributed by atoms with van der Waals surface area (Å²) < 4.78 is 6.05. The van der Waals surface area contributed by atoms with E-state index in [1.54, 1.807) is 13.2 Å². The number of nitrogens with one attached hydrogen (secondary N) is 1. The predicted molar refractivity (Wildman–Crippen MR) is 69.9 cm³/mol. The van der Waals surface area contributed by atoms with Crippen LogP contribution in [0.5, 0.6) is 5.75 Å². The fourth-order valence-corrected chi connectivity index (χ4v) is 1.89. The summed E-state index contributed by atoms with van der Waals surface area (Å²) >= 11 is 3.47. The molecule has 0 atom stereocenters. The van der Waals surface area contributed by atoms with Gasteiger partial charge in [-0.25, -0.2) is 0 Å². The lowest BCUT2D eigenvalue weighted by molar-refractivity contribution is 0.414. The van der Waals surface area contributed by atoms with Crippen molar-refractivity contribution in [1.29, 1.82) is 0 Å². The number of ether oxygens (including phenoxy) is 1. The molecule has 0 amide bonds. The van der Waals surface area contributed by atoms with Gasteiger partial charge in [0, 0.05) is 16.1 Å². The van der Waals surface area contributed by atoms with Crippen LogP contribution >= 0.6 is 28.3 Å². The molecule has 0 aliphatic rings. The molecule has 0 bridgehead atoms. The second-order valence-corrected chi connectivity index (χ2v) is 3.91. The molecule has 1 aromatic carbocycles. The average molecular weight is 305 g/mol. The van der Waals surface area contributed by atoms with E-state index in [1.807, 2.05) is 18.2 Å². The zero-order valence-electron chi connectivity index (χ0n) is 8.53. The van der Waals surface area contributed by atoms with Crippen molar-refractivity contribution in [3.63, 3.8) is 0 Å². The quantitative estimate of drug-likeness (QED) is 0.896. The van der Waals surface area contributed by atoms with Gasteiger partial charge in [-0.2, -0.15) is 5.10 Å². The molecule has 0 saturated heterocycles. The Morgan fingerprint density at radius 1 is 1.38 bits per heavy atom. The second kappa shape index (κ2) is 5.23. The highest BCUT2D eigenvalue weighted by molar-refractivity contribution is 9.10. The molecule has 0 spiro atoms. The number of anilines is 1. The van der Waals surface area contributed by atoms with Crippen molar-refractivity contribution in [2.75, 3.05) is 12.8 Å². The van der Waals surface area contributed by atoms with Gasteiger partial charge in [-0.05, 0) is 34.1 Å². The molecule has 2 rings (SSSR count). The molecular formula is C10H11BrClN3O. The van der Waals surface area contributed by atoms with Gasteiger partial charge in [0.05, 0.1) is 12.8 Å². The fraction of sp³-hybridized carbons (Fsp3) is 0.100. The molecule has 0 aliphatic heterocycles. The minimum absolute atomic E-state index is 0. The summed E-state index contributed by atoms with van der Waals surface area (Å²) in [5, 5.41) is 6.73. The number of hydrogen-bond donors (Lipinski definition) is 2. The number of benzene rings is 1. The molecule has 0 saturated carbocycles. The summed E-state index contributed by atoms with van der Waals surface area (Å²) in [7, 11) is 1.63. The number of hydrogen-bond acceptors (Lipinski definition) is 3. The number of nitrogen functional groups attached to an aromatic ring is 1. The molecule has 0 fully saturated rings. The van der Waals surface area contributed by atoms with E-state index in [-0.39, 0.29) is 12.4 Å². The molecule has 1 aromatic heterocycles. The van der Waals surface area contributed by atoms with Crippen molar-refractivity contribution < 1.29 is 4.74 Å². The largest absolute Gasteiger partial charge is 0.497 e. The van der Waals surface area contributed by atoms with E-state index in [0.29, 0.717) is 5.82 Å². The third kappa shape index (κ3) is 2.48. The van der Waals surface area contributed by atoms with Gasteiger partial charge in [0.15, 0.2) is 0 Å². The average Bonchev–Trinajstić information content (AvgIpc) is 2.64. The van der Waals surface area contributed by atoms with Crippen molar-refractivity contribution in [2.45, 2.75) is 0 Å². The standard InChI is InChI=1S/C10H10BrN3O.ClH/c1-15-6-2-3-7(8(11)4-6)9-5-10(12)14-13-9;/h2-5H,1H3,(H3,12,13,14);1H. The lowest BCUT2D eigenvalue weighted by Crippen LogP contribution is -1.85. The van der Waals surface area contributed by atoms with Gasteiger partial charge in [-0.1, -0.05) is 0 Å². The maximum absolute atomic E-state index is 5.54. The molecular weight excluding hydrogens is 293 g/mol. The van der Waals surface area contributed by atoms with Crippen LogP contribution in [-0.2, 0) is 0 Å². The van der Waals surface area contributed by atoms with Gasteiger partial charge in [-0.15, -0.1) is 12.4 Å². The van der Waals surface area contributed by atoms with Crippen LogP contribution in [0.15, 0.2) is 28.7 Å². The summed E-state index contributed by atoms with van der Waals surface area (Å²) in [4.78, 5) is 0. The van der Waals surface area contributed by atoms with Crippen LogP contribution in [0, 0.1) is 0 Å². The topological polar surface area (TPSA) is 63.9 Å². The van der Waals surface area contributed by atoms with E-state index in [2.05, 4.69) is 26.1 Å². The van der Waals surface area contributed by atoms with E-state index in [9.17, 15) is 0 Å². The summed E-state index contributed by atoms with van der Waals surface area (Å²) in [5.74, 6) is 1.28. The number of aromatic nitrogens is 2. The Labute approximate surface area is 108 Å². The van der Waals surface area contributed by atoms with Crippen LogP contribution in [-0.4, -0.2) is 17.3 Å². The van der Waals surface area contributed by atoms with E-state index >= 15 is 0 Å². The molecule has 0 radical (unpaired) electrons. The number of halogens is 2. The van der Waals surface area contributed by atoms with Gasteiger partial charge in [0.1, 0.15) is 11.6 Å². The van der Waals surface area contributed by atoms with Crippen LogP contribution in [0.1, 0.15) is 0 Å².